The number of aliphatic hydroxyl groups is 1. The van der Waals surface area contributed by atoms with E-state index in [2.05, 4.69) is 11.8 Å². The summed E-state index contributed by atoms with van der Waals surface area (Å²) in [6.07, 6.45) is 7.01. The summed E-state index contributed by atoms with van der Waals surface area (Å²) in [5.74, 6) is 0.643. The Morgan fingerprint density at radius 3 is 2.71 bits per heavy atom. The van der Waals surface area contributed by atoms with Crippen molar-refractivity contribution >= 4 is 0 Å². The molecule has 1 saturated heterocycles. The van der Waals surface area contributed by atoms with Crippen LogP contribution in [0.4, 0.5) is 0 Å². The maximum Gasteiger partial charge on any atom is 0.0688 e. The second-order valence-electron chi connectivity index (χ2n) is 5.07. The fraction of sp³-hybridized carbons (Fsp3) is 1.00. The Labute approximate surface area is 87.3 Å². The minimum absolute atomic E-state index is 0.289. The summed E-state index contributed by atoms with van der Waals surface area (Å²) in [6, 6.07) is 0. The maximum absolute atomic E-state index is 10.5. The molecule has 2 aliphatic rings. The zero-order valence-electron chi connectivity index (χ0n) is 9.34. The highest BCUT2D eigenvalue weighted by Gasteiger charge is 2.43. The maximum atomic E-state index is 10.5. The molecule has 1 aliphatic heterocycles. The molecule has 0 aromatic carbocycles. The summed E-state index contributed by atoms with van der Waals surface area (Å²) in [7, 11) is 0. The Morgan fingerprint density at radius 2 is 2.07 bits per heavy atom. The Bertz CT molecular complexity index is 191. The second kappa shape index (κ2) is 4.19. The fourth-order valence-electron chi connectivity index (χ4n) is 2.77. The highest BCUT2D eigenvalue weighted by atomic mass is 16.3. The lowest BCUT2D eigenvalue weighted by Crippen LogP contribution is -2.33. The molecule has 14 heavy (non-hydrogen) atoms. The van der Waals surface area contributed by atoms with Crippen molar-refractivity contribution in [3.05, 3.63) is 0 Å². The third kappa shape index (κ3) is 2.29. The first-order valence-electron chi connectivity index (χ1n) is 6.19. The Kier molecular flexibility index (Phi) is 3.13. The predicted octanol–water partition coefficient (Wildman–Crippen LogP) is 2.02. The van der Waals surface area contributed by atoms with Gasteiger partial charge in [0.15, 0.2) is 0 Å². The number of hydrogen-bond donors (Lipinski definition) is 1. The topological polar surface area (TPSA) is 23.5 Å². The van der Waals surface area contributed by atoms with Gasteiger partial charge in [0.1, 0.15) is 0 Å². The van der Waals surface area contributed by atoms with Gasteiger partial charge in [-0.2, -0.15) is 0 Å². The van der Waals surface area contributed by atoms with Crippen LogP contribution in [0.5, 0.6) is 0 Å². The summed E-state index contributed by atoms with van der Waals surface area (Å²) in [4.78, 5) is 2.51. The molecule has 0 aromatic rings. The van der Waals surface area contributed by atoms with Gasteiger partial charge >= 0.3 is 0 Å². The van der Waals surface area contributed by atoms with Crippen molar-refractivity contribution in [3.63, 3.8) is 0 Å². The fourth-order valence-corrected chi connectivity index (χ4v) is 2.77. The van der Waals surface area contributed by atoms with Crippen molar-refractivity contribution < 1.29 is 5.11 Å². The van der Waals surface area contributed by atoms with E-state index in [4.69, 9.17) is 0 Å². The van der Waals surface area contributed by atoms with Gasteiger partial charge in [-0.05, 0) is 57.5 Å². The average molecular weight is 197 g/mol. The first-order chi connectivity index (χ1) is 6.74. The molecule has 1 unspecified atom stereocenters. The third-order valence-electron chi connectivity index (χ3n) is 3.82. The van der Waals surface area contributed by atoms with Crippen LogP contribution < -0.4 is 0 Å². The van der Waals surface area contributed by atoms with Gasteiger partial charge in [-0.25, -0.2) is 0 Å². The van der Waals surface area contributed by atoms with Gasteiger partial charge in [-0.3, -0.25) is 0 Å². The Balaban J connectivity index is 1.87. The van der Waals surface area contributed by atoms with Crippen LogP contribution in [0.3, 0.4) is 0 Å². The molecule has 1 heterocycles. The van der Waals surface area contributed by atoms with E-state index < -0.39 is 0 Å². The van der Waals surface area contributed by atoms with Crippen LogP contribution in [0.25, 0.3) is 0 Å². The van der Waals surface area contributed by atoms with Crippen LogP contribution in [0.2, 0.25) is 0 Å². The Morgan fingerprint density at radius 1 is 1.29 bits per heavy atom. The first-order valence-corrected chi connectivity index (χ1v) is 6.19. The normalized spacial score (nSPS) is 35.6. The largest absolute Gasteiger partial charge is 0.390 e. The molecule has 1 saturated carbocycles. The van der Waals surface area contributed by atoms with E-state index in [9.17, 15) is 5.11 Å². The minimum atomic E-state index is -0.289. The van der Waals surface area contributed by atoms with Gasteiger partial charge < -0.3 is 10.0 Å². The molecule has 2 nitrogen and oxygen atoms in total. The number of nitrogens with zero attached hydrogens (tertiary/aromatic N) is 1. The summed E-state index contributed by atoms with van der Waals surface area (Å²) in [6.45, 7) is 5.75. The number of rotatable bonds is 3. The first kappa shape index (κ1) is 10.4. The van der Waals surface area contributed by atoms with Gasteiger partial charge in [0.25, 0.3) is 0 Å². The van der Waals surface area contributed by atoms with Gasteiger partial charge in [0, 0.05) is 6.54 Å². The van der Waals surface area contributed by atoms with Crippen LogP contribution in [-0.4, -0.2) is 35.2 Å². The zero-order chi connectivity index (χ0) is 10.0. The van der Waals surface area contributed by atoms with Crippen molar-refractivity contribution in [2.45, 2.75) is 51.0 Å². The summed E-state index contributed by atoms with van der Waals surface area (Å²) in [5, 5.41) is 10.5. The molecule has 2 fully saturated rings. The van der Waals surface area contributed by atoms with E-state index >= 15 is 0 Å². The molecule has 0 spiro atoms. The highest BCUT2D eigenvalue weighted by molar-refractivity contribution is 4.96. The Hall–Kier alpha value is -0.0800. The van der Waals surface area contributed by atoms with Crippen LogP contribution in [0.1, 0.15) is 45.4 Å². The molecule has 0 aromatic heterocycles. The zero-order valence-corrected chi connectivity index (χ0v) is 9.34. The van der Waals surface area contributed by atoms with Crippen molar-refractivity contribution in [1.82, 2.24) is 4.90 Å². The van der Waals surface area contributed by atoms with E-state index in [-0.39, 0.29) is 5.60 Å². The van der Waals surface area contributed by atoms with E-state index in [1.165, 1.54) is 38.8 Å². The van der Waals surface area contributed by atoms with Gasteiger partial charge in [0.05, 0.1) is 5.60 Å². The summed E-state index contributed by atoms with van der Waals surface area (Å²) in [5.41, 5.74) is -0.289. The number of hydrogen-bond acceptors (Lipinski definition) is 2. The lowest BCUT2D eigenvalue weighted by molar-refractivity contribution is 0.00341. The highest BCUT2D eigenvalue weighted by Crippen LogP contribution is 2.44. The van der Waals surface area contributed by atoms with Crippen LogP contribution in [0.15, 0.2) is 0 Å². The summed E-state index contributed by atoms with van der Waals surface area (Å²) >= 11 is 0. The lowest BCUT2D eigenvalue weighted by Gasteiger charge is -2.26. The lowest BCUT2D eigenvalue weighted by atomic mass is 9.90. The van der Waals surface area contributed by atoms with E-state index in [0.29, 0.717) is 5.92 Å². The molecule has 2 heteroatoms. The molecule has 82 valence electrons. The monoisotopic (exact) mass is 197 g/mol. The predicted molar refractivity (Wildman–Crippen MR) is 58.3 cm³/mol. The van der Waals surface area contributed by atoms with Crippen LogP contribution >= 0.6 is 0 Å². The summed E-state index contributed by atoms with van der Waals surface area (Å²) < 4.78 is 0. The SMILES string of the molecule is CCCN1CCCC(O)(C2CC2)CC1. The number of likely N-dealkylation sites (tertiary alicyclic amines) is 1. The minimum Gasteiger partial charge on any atom is -0.390 e. The van der Waals surface area contributed by atoms with Crippen molar-refractivity contribution in [2.75, 3.05) is 19.6 Å². The molecule has 1 aliphatic carbocycles. The standard InChI is InChI=1S/C12H23NO/c1-2-8-13-9-3-6-12(14,7-10-13)11-4-5-11/h11,14H,2-10H2,1H3. The quantitative estimate of drug-likeness (QED) is 0.748. The van der Waals surface area contributed by atoms with Gasteiger partial charge in [-0.1, -0.05) is 6.92 Å². The molecule has 2 rings (SSSR count). The third-order valence-corrected chi connectivity index (χ3v) is 3.82. The molecule has 0 radical (unpaired) electrons. The smallest absolute Gasteiger partial charge is 0.0688 e. The van der Waals surface area contributed by atoms with Crippen molar-refractivity contribution in [1.29, 1.82) is 0 Å². The van der Waals surface area contributed by atoms with Gasteiger partial charge in [-0.15, -0.1) is 0 Å². The molecule has 1 N–H and O–H groups in total. The van der Waals surface area contributed by atoms with Crippen molar-refractivity contribution in [3.8, 4) is 0 Å². The molecular weight excluding hydrogens is 174 g/mol. The molecule has 0 bridgehead atoms. The van der Waals surface area contributed by atoms with E-state index in [1.807, 2.05) is 0 Å². The van der Waals surface area contributed by atoms with Crippen LogP contribution in [0, 0.1) is 5.92 Å². The van der Waals surface area contributed by atoms with E-state index in [0.717, 1.165) is 19.4 Å². The molecular formula is C12H23NO. The molecule has 1 atom stereocenters. The van der Waals surface area contributed by atoms with E-state index in [1.54, 1.807) is 0 Å². The second-order valence-corrected chi connectivity index (χ2v) is 5.07. The van der Waals surface area contributed by atoms with Gasteiger partial charge in [0.2, 0.25) is 0 Å². The molecule has 0 amide bonds. The van der Waals surface area contributed by atoms with Crippen molar-refractivity contribution in [2.24, 2.45) is 5.92 Å². The average Bonchev–Trinajstić information content (AvgIpc) is 2.94. The van der Waals surface area contributed by atoms with Crippen LogP contribution in [-0.2, 0) is 0 Å².